The second-order valence-electron chi connectivity index (χ2n) is 5.18. The van der Waals surface area contributed by atoms with Crippen LogP contribution < -0.4 is 0 Å². The summed E-state index contributed by atoms with van der Waals surface area (Å²) in [5.74, 6) is -0.101. The van der Waals surface area contributed by atoms with Crippen molar-refractivity contribution >= 4 is 5.97 Å². The molecule has 0 saturated carbocycles. The standard InChI is InChI=1S/C19H22O2/c1-2-3-5-10-19(20)21-15-16-11-13-18(14-12-16)17-8-6-4-7-9-17/h4,6-9,11-14H,2-3,5,10,15H2,1H3. The summed E-state index contributed by atoms with van der Waals surface area (Å²) in [7, 11) is 0. The van der Waals surface area contributed by atoms with Gasteiger partial charge in [-0.15, -0.1) is 0 Å². The smallest absolute Gasteiger partial charge is 0.306 e. The molecular formula is C19H22O2. The van der Waals surface area contributed by atoms with Crippen LogP contribution in [0.5, 0.6) is 0 Å². The lowest BCUT2D eigenvalue weighted by atomic mass is 10.0. The van der Waals surface area contributed by atoms with E-state index in [1.165, 1.54) is 11.1 Å². The number of rotatable bonds is 7. The van der Waals surface area contributed by atoms with Gasteiger partial charge >= 0.3 is 5.97 Å². The van der Waals surface area contributed by atoms with E-state index in [-0.39, 0.29) is 5.97 Å². The fourth-order valence-corrected chi connectivity index (χ4v) is 2.18. The number of unbranched alkanes of at least 4 members (excludes halogenated alkanes) is 2. The molecule has 2 heteroatoms. The van der Waals surface area contributed by atoms with Crippen LogP contribution in [-0.2, 0) is 16.1 Å². The Hall–Kier alpha value is -2.09. The normalized spacial score (nSPS) is 10.3. The van der Waals surface area contributed by atoms with E-state index in [9.17, 15) is 4.79 Å². The SMILES string of the molecule is CCCCCC(=O)OCc1ccc(-c2ccccc2)cc1. The minimum absolute atomic E-state index is 0.101. The number of carbonyl (C=O) groups excluding carboxylic acids is 1. The maximum absolute atomic E-state index is 11.6. The molecular weight excluding hydrogens is 260 g/mol. The molecule has 2 aromatic carbocycles. The lowest BCUT2D eigenvalue weighted by Gasteiger charge is -2.06. The zero-order chi connectivity index (χ0) is 14.9. The summed E-state index contributed by atoms with van der Waals surface area (Å²) in [6.07, 6.45) is 3.65. The van der Waals surface area contributed by atoms with Crippen molar-refractivity contribution in [3.05, 3.63) is 60.2 Å². The summed E-state index contributed by atoms with van der Waals surface area (Å²) in [6.45, 7) is 2.49. The topological polar surface area (TPSA) is 26.3 Å². The second-order valence-corrected chi connectivity index (χ2v) is 5.18. The third-order valence-corrected chi connectivity index (χ3v) is 3.45. The first-order valence-corrected chi connectivity index (χ1v) is 7.59. The van der Waals surface area contributed by atoms with E-state index in [0.717, 1.165) is 24.8 Å². The van der Waals surface area contributed by atoms with Crippen LogP contribution >= 0.6 is 0 Å². The molecule has 0 aliphatic rings. The molecule has 0 aliphatic heterocycles. The Kier molecular flexibility index (Phi) is 6.01. The van der Waals surface area contributed by atoms with Crippen LogP contribution in [-0.4, -0.2) is 5.97 Å². The van der Waals surface area contributed by atoms with Gasteiger partial charge < -0.3 is 4.74 Å². The highest BCUT2D eigenvalue weighted by atomic mass is 16.5. The highest BCUT2D eigenvalue weighted by molar-refractivity contribution is 5.69. The van der Waals surface area contributed by atoms with Gasteiger partial charge in [-0.2, -0.15) is 0 Å². The number of benzene rings is 2. The molecule has 2 rings (SSSR count). The van der Waals surface area contributed by atoms with Gasteiger partial charge in [0.2, 0.25) is 0 Å². The van der Waals surface area contributed by atoms with E-state index in [4.69, 9.17) is 4.74 Å². The first-order valence-electron chi connectivity index (χ1n) is 7.59. The van der Waals surface area contributed by atoms with Crippen molar-refractivity contribution in [2.75, 3.05) is 0 Å². The van der Waals surface area contributed by atoms with E-state index < -0.39 is 0 Å². The molecule has 0 heterocycles. The molecule has 110 valence electrons. The van der Waals surface area contributed by atoms with E-state index in [1.807, 2.05) is 30.3 Å². The maximum Gasteiger partial charge on any atom is 0.306 e. The molecule has 0 bridgehead atoms. The predicted octanol–water partition coefficient (Wildman–Crippen LogP) is 4.98. The predicted molar refractivity (Wildman–Crippen MR) is 85.8 cm³/mol. The number of esters is 1. The molecule has 0 N–H and O–H groups in total. The first kappa shape index (κ1) is 15.3. The van der Waals surface area contributed by atoms with Gasteiger partial charge in [0.15, 0.2) is 0 Å². The lowest BCUT2D eigenvalue weighted by molar-refractivity contribution is -0.145. The molecule has 0 fully saturated rings. The molecule has 2 nitrogen and oxygen atoms in total. The van der Waals surface area contributed by atoms with Gasteiger partial charge in [0.1, 0.15) is 6.61 Å². The zero-order valence-corrected chi connectivity index (χ0v) is 12.5. The van der Waals surface area contributed by atoms with Crippen molar-refractivity contribution in [1.29, 1.82) is 0 Å². The summed E-state index contributed by atoms with van der Waals surface area (Å²) < 4.78 is 5.28. The Bertz CT molecular complexity index is 544. The van der Waals surface area contributed by atoms with E-state index in [2.05, 4.69) is 31.2 Å². The molecule has 0 unspecified atom stereocenters. The third kappa shape index (κ3) is 5.07. The van der Waals surface area contributed by atoms with Gasteiger partial charge in [-0.3, -0.25) is 4.79 Å². The van der Waals surface area contributed by atoms with Crippen LogP contribution in [0, 0.1) is 0 Å². The fraction of sp³-hybridized carbons (Fsp3) is 0.316. The average Bonchev–Trinajstić information content (AvgIpc) is 2.54. The Labute approximate surface area is 126 Å². The molecule has 0 spiro atoms. The molecule has 0 amide bonds. The summed E-state index contributed by atoms with van der Waals surface area (Å²) in [5, 5.41) is 0. The van der Waals surface area contributed by atoms with Gasteiger partial charge in [-0.05, 0) is 23.1 Å². The quantitative estimate of drug-likeness (QED) is 0.529. The average molecular weight is 282 g/mol. The van der Waals surface area contributed by atoms with Gasteiger partial charge in [-0.25, -0.2) is 0 Å². The highest BCUT2D eigenvalue weighted by Crippen LogP contribution is 2.19. The lowest BCUT2D eigenvalue weighted by Crippen LogP contribution is -2.04. The van der Waals surface area contributed by atoms with Crippen molar-refractivity contribution in [1.82, 2.24) is 0 Å². The van der Waals surface area contributed by atoms with Gasteiger partial charge in [-0.1, -0.05) is 74.4 Å². The summed E-state index contributed by atoms with van der Waals surface area (Å²) >= 11 is 0. The third-order valence-electron chi connectivity index (χ3n) is 3.45. The minimum atomic E-state index is -0.101. The van der Waals surface area contributed by atoms with Crippen LogP contribution in [0.25, 0.3) is 11.1 Å². The zero-order valence-electron chi connectivity index (χ0n) is 12.5. The van der Waals surface area contributed by atoms with Crippen LogP contribution in [0.4, 0.5) is 0 Å². The van der Waals surface area contributed by atoms with Crippen LogP contribution in [0.3, 0.4) is 0 Å². The minimum Gasteiger partial charge on any atom is -0.461 e. The number of hydrogen-bond donors (Lipinski definition) is 0. The number of ether oxygens (including phenoxy) is 1. The molecule has 0 atom stereocenters. The van der Waals surface area contributed by atoms with Crippen molar-refractivity contribution < 1.29 is 9.53 Å². The van der Waals surface area contributed by atoms with E-state index in [0.29, 0.717) is 13.0 Å². The van der Waals surface area contributed by atoms with E-state index >= 15 is 0 Å². The first-order chi connectivity index (χ1) is 10.3. The van der Waals surface area contributed by atoms with Gasteiger partial charge in [0, 0.05) is 6.42 Å². The summed E-state index contributed by atoms with van der Waals surface area (Å²) in [5.41, 5.74) is 3.40. The highest BCUT2D eigenvalue weighted by Gasteiger charge is 2.03. The number of hydrogen-bond acceptors (Lipinski definition) is 2. The van der Waals surface area contributed by atoms with Crippen molar-refractivity contribution in [2.45, 2.75) is 39.2 Å². The van der Waals surface area contributed by atoms with Crippen molar-refractivity contribution in [3.63, 3.8) is 0 Å². The second kappa shape index (κ2) is 8.25. The Morgan fingerprint density at radius 1 is 0.905 bits per heavy atom. The van der Waals surface area contributed by atoms with Crippen LogP contribution in [0.1, 0.15) is 38.2 Å². The monoisotopic (exact) mass is 282 g/mol. The Morgan fingerprint density at radius 3 is 2.24 bits per heavy atom. The van der Waals surface area contributed by atoms with Gasteiger partial charge in [0.05, 0.1) is 0 Å². The molecule has 0 radical (unpaired) electrons. The maximum atomic E-state index is 11.6. The largest absolute Gasteiger partial charge is 0.461 e. The molecule has 0 aromatic heterocycles. The number of carbonyl (C=O) groups is 1. The van der Waals surface area contributed by atoms with Crippen molar-refractivity contribution in [3.8, 4) is 11.1 Å². The Balaban J connectivity index is 1.84. The fourth-order valence-electron chi connectivity index (χ4n) is 2.18. The molecule has 0 saturated heterocycles. The van der Waals surface area contributed by atoms with E-state index in [1.54, 1.807) is 0 Å². The summed E-state index contributed by atoms with van der Waals surface area (Å²) in [6, 6.07) is 18.4. The molecule has 0 aliphatic carbocycles. The van der Waals surface area contributed by atoms with Crippen LogP contribution in [0.2, 0.25) is 0 Å². The van der Waals surface area contributed by atoms with Crippen molar-refractivity contribution in [2.24, 2.45) is 0 Å². The Morgan fingerprint density at radius 2 is 1.57 bits per heavy atom. The molecule has 21 heavy (non-hydrogen) atoms. The molecule has 2 aromatic rings. The van der Waals surface area contributed by atoms with Gasteiger partial charge in [0.25, 0.3) is 0 Å². The summed E-state index contributed by atoms with van der Waals surface area (Å²) in [4.78, 5) is 11.6. The van der Waals surface area contributed by atoms with Crippen LogP contribution in [0.15, 0.2) is 54.6 Å².